The van der Waals surface area contributed by atoms with E-state index in [-0.39, 0.29) is 36.4 Å². The summed E-state index contributed by atoms with van der Waals surface area (Å²) in [5.41, 5.74) is -2.04. The van der Waals surface area contributed by atoms with E-state index in [9.17, 15) is 24.6 Å². The van der Waals surface area contributed by atoms with Crippen LogP contribution in [0.5, 0.6) is 0 Å². The Morgan fingerprint density at radius 1 is 1.25 bits per heavy atom. The number of hydrogen-bond acceptors (Lipinski definition) is 6. The topological polar surface area (TPSA) is 101 Å². The maximum absolute atomic E-state index is 12.7. The largest absolute Gasteiger partial charge is 0.463 e. The van der Waals surface area contributed by atoms with Gasteiger partial charge in [0.25, 0.3) is 5.78 Å². The SMILES string of the molecule is COC(=O)C(=O)C1(O)CCC2C3CCC4=CC(=O)C=CC4(C)C3C(O)CC21C. The molecule has 0 bridgehead atoms. The minimum atomic E-state index is -1.81. The fraction of sp³-hybridized carbons (Fsp3) is 0.682. The molecule has 0 aromatic heterocycles. The molecule has 0 amide bonds. The minimum Gasteiger partial charge on any atom is -0.463 e. The van der Waals surface area contributed by atoms with Crippen LogP contribution in [0.3, 0.4) is 0 Å². The van der Waals surface area contributed by atoms with Gasteiger partial charge in [-0.25, -0.2) is 4.79 Å². The summed E-state index contributed by atoms with van der Waals surface area (Å²) in [5.74, 6) is -1.91. The molecule has 0 heterocycles. The van der Waals surface area contributed by atoms with Crippen LogP contribution in [-0.2, 0) is 19.1 Å². The average molecular weight is 388 g/mol. The molecule has 28 heavy (non-hydrogen) atoms. The van der Waals surface area contributed by atoms with Gasteiger partial charge in [-0.05, 0) is 56.1 Å². The molecule has 0 spiro atoms. The summed E-state index contributed by atoms with van der Waals surface area (Å²) in [6.07, 6.45) is 7.08. The van der Waals surface area contributed by atoms with Crippen molar-refractivity contribution >= 4 is 17.5 Å². The van der Waals surface area contributed by atoms with Gasteiger partial charge in [-0.1, -0.05) is 25.5 Å². The molecule has 3 fully saturated rings. The zero-order chi connectivity index (χ0) is 20.5. The number of ketones is 2. The maximum atomic E-state index is 12.7. The van der Waals surface area contributed by atoms with Gasteiger partial charge in [0.05, 0.1) is 13.2 Å². The van der Waals surface area contributed by atoms with E-state index in [1.807, 2.05) is 13.0 Å². The lowest BCUT2D eigenvalue weighted by Crippen LogP contribution is -2.62. The molecular weight excluding hydrogens is 360 g/mol. The number of rotatable bonds is 2. The summed E-state index contributed by atoms with van der Waals surface area (Å²) in [6, 6.07) is 0. The number of methoxy groups -OCH3 is 1. The summed E-state index contributed by atoms with van der Waals surface area (Å²) in [7, 11) is 1.14. The van der Waals surface area contributed by atoms with Crippen LogP contribution in [-0.4, -0.2) is 46.6 Å². The fourth-order valence-corrected chi connectivity index (χ4v) is 6.97. The number of allylic oxidation sites excluding steroid dienone is 4. The highest BCUT2D eigenvalue weighted by molar-refractivity contribution is 6.37. The Bertz CT molecular complexity index is 812. The lowest BCUT2D eigenvalue weighted by molar-refractivity contribution is -0.184. The molecule has 0 saturated heterocycles. The van der Waals surface area contributed by atoms with Gasteiger partial charge in [-0.3, -0.25) is 9.59 Å². The first-order chi connectivity index (χ1) is 13.1. The van der Waals surface area contributed by atoms with Crippen LogP contribution >= 0.6 is 0 Å². The molecule has 4 aliphatic carbocycles. The van der Waals surface area contributed by atoms with Gasteiger partial charge in [0.2, 0.25) is 0 Å². The summed E-state index contributed by atoms with van der Waals surface area (Å²) in [6.45, 7) is 3.91. The molecular formula is C22H28O6. The van der Waals surface area contributed by atoms with E-state index >= 15 is 0 Å². The highest BCUT2D eigenvalue weighted by Gasteiger charge is 2.69. The smallest absolute Gasteiger partial charge is 0.377 e. The van der Waals surface area contributed by atoms with Gasteiger partial charge < -0.3 is 14.9 Å². The second kappa shape index (κ2) is 6.10. The van der Waals surface area contributed by atoms with E-state index in [1.54, 1.807) is 12.2 Å². The summed E-state index contributed by atoms with van der Waals surface area (Å²) in [4.78, 5) is 36.4. The molecule has 6 nitrogen and oxygen atoms in total. The Kier molecular flexibility index (Phi) is 4.25. The van der Waals surface area contributed by atoms with E-state index in [0.29, 0.717) is 6.42 Å². The van der Waals surface area contributed by atoms with Crippen molar-refractivity contribution in [1.82, 2.24) is 0 Å². The second-order valence-corrected chi connectivity index (χ2v) is 9.43. The molecule has 7 atom stereocenters. The third kappa shape index (κ3) is 2.31. The molecule has 4 rings (SSSR count). The molecule has 152 valence electrons. The van der Waals surface area contributed by atoms with Crippen molar-refractivity contribution in [2.45, 2.75) is 57.7 Å². The van der Waals surface area contributed by atoms with Gasteiger partial charge in [0, 0.05) is 16.7 Å². The first kappa shape index (κ1) is 19.5. The Hall–Kier alpha value is -1.79. The van der Waals surface area contributed by atoms with Crippen molar-refractivity contribution in [2.24, 2.45) is 28.6 Å². The van der Waals surface area contributed by atoms with Crippen LogP contribution < -0.4 is 0 Å². The van der Waals surface area contributed by atoms with Crippen molar-refractivity contribution in [3.8, 4) is 0 Å². The van der Waals surface area contributed by atoms with Crippen molar-refractivity contribution < 1.29 is 29.3 Å². The summed E-state index contributed by atoms with van der Waals surface area (Å²) in [5, 5.41) is 22.5. The van der Waals surface area contributed by atoms with Gasteiger partial charge in [0.15, 0.2) is 5.78 Å². The molecule has 2 N–H and O–H groups in total. The van der Waals surface area contributed by atoms with Crippen LogP contribution in [0.25, 0.3) is 0 Å². The molecule has 0 radical (unpaired) electrons. The third-order valence-electron chi connectivity index (χ3n) is 8.39. The first-order valence-electron chi connectivity index (χ1n) is 10.1. The van der Waals surface area contributed by atoms with E-state index < -0.39 is 34.3 Å². The Morgan fingerprint density at radius 2 is 1.96 bits per heavy atom. The number of hydrogen-bond donors (Lipinski definition) is 2. The van der Waals surface area contributed by atoms with E-state index in [4.69, 9.17) is 0 Å². The highest BCUT2D eigenvalue weighted by Crippen LogP contribution is 2.67. The van der Waals surface area contributed by atoms with Crippen molar-refractivity contribution in [3.63, 3.8) is 0 Å². The highest BCUT2D eigenvalue weighted by atomic mass is 16.5. The second-order valence-electron chi connectivity index (χ2n) is 9.43. The van der Waals surface area contributed by atoms with E-state index in [2.05, 4.69) is 11.7 Å². The van der Waals surface area contributed by atoms with Crippen molar-refractivity contribution in [2.75, 3.05) is 7.11 Å². The average Bonchev–Trinajstić information content (AvgIpc) is 2.92. The van der Waals surface area contributed by atoms with Crippen LogP contribution in [0, 0.1) is 28.6 Å². The number of carbonyl (C=O) groups excluding carboxylic acids is 3. The standard InChI is InChI=1S/C22H28O6/c1-20-8-6-13(23)10-12(20)4-5-14-15-7-9-22(27,18(25)19(26)28-3)21(15,2)11-16(24)17(14)20/h6,8,10,14-17,24,27H,4-5,7,9,11H2,1-3H3. The van der Waals surface area contributed by atoms with Crippen LogP contribution in [0.1, 0.15) is 46.0 Å². The quantitative estimate of drug-likeness (QED) is 0.552. The molecule has 0 aliphatic heterocycles. The molecule has 6 heteroatoms. The zero-order valence-electron chi connectivity index (χ0n) is 16.6. The number of aliphatic hydroxyl groups excluding tert-OH is 1. The van der Waals surface area contributed by atoms with Crippen LogP contribution in [0.2, 0.25) is 0 Å². The normalized spacial score (nSPS) is 46.9. The fourth-order valence-electron chi connectivity index (χ4n) is 6.97. The lowest BCUT2D eigenvalue weighted by Gasteiger charge is -2.59. The zero-order valence-corrected chi connectivity index (χ0v) is 16.6. The monoisotopic (exact) mass is 388 g/mol. The molecule has 0 aromatic carbocycles. The predicted molar refractivity (Wildman–Crippen MR) is 100.0 cm³/mol. The minimum absolute atomic E-state index is 0.0139. The molecule has 7 unspecified atom stereocenters. The lowest BCUT2D eigenvalue weighted by atomic mass is 9.46. The maximum Gasteiger partial charge on any atom is 0.377 e. The van der Waals surface area contributed by atoms with Crippen molar-refractivity contribution in [1.29, 1.82) is 0 Å². The van der Waals surface area contributed by atoms with Crippen molar-refractivity contribution in [3.05, 3.63) is 23.8 Å². The van der Waals surface area contributed by atoms with Gasteiger partial charge in [-0.15, -0.1) is 0 Å². The van der Waals surface area contributed by atoms with E-state index in [1.165, 1.54) is 0 Å². The van der Waals surface area contributed by atoms with Gasteiger partial charge >= 0.3 is 5.97 Å². The number of fused-ring (bicyclic) bond motifs is 5. The number of aliphatic hydroxyl groups is 2. The predicted octanol–water partition coefficient (Wildman–Crippen LogP) is 1.74. The molecule has 0 aromatic rings. The van der Waals surface area contributed by atoms with Gasteiger partial charge in [0.1, 0.15) is 5.60 Å². The summed E-state index contributed by atoms with van der Waals surface area (Å²) >= 11 is 0. The Morgan fingerprint density at radius 3 is 2.64 bits per heavy atom. The Labute approximate surface area is 164 Å². The van der Waals surface area contributed by atoms with Crippen LogP contribution in [0.4, 0.5) is 0 Å². The summed E-state index contributed by atoms with van der Waals surface area (Å²) < 4.78 is 4.59. The van der Waals surface area contributed by atoms with E-state index in [0.717, 1.165) is 25.5 Å². The number of Topliss-reactive ketones (excluding diaryl/α,β-unsaturated/α-hetero) is 1. The number of esters is 1. The van der Waals surface area contributed by atoms with Gasteiger partial charge in [-0.2, -0.15) is 0 Å². The first-order valence-corrected chi connectivity index (χ1v) is 10.1. The Balaban J connectivity index is 1.73. The molecule has 4 aliphatic rings. The number of carbonyl (C=O) groups is 3. The third-order valence-corrected chi connectivity index (χ3v) is 8.39. The number of ether oxygens (including phenoxy) is 1. The molecule has 3 saturated carbocycles. The van der Waals surface area contributed by atoms with Crippen LogP contribution in [0.15, 0.2) is 23.8 Å².